The standard InChI is InChI=1S/C15H14ClF4N5OS/c16-10-2-1-9(11(17)7-10)8-21-13(26)24-3-5-25(6-4-24)14-23-22-12(27-14)15(18,19)20/h1-2,7H,3-6,8H2,(H,21,26). The normalized spacial score (nSPS) is 15.1. The van der Waals surface area contributed by atoms with Crippen molar-refractivity contribution in [1.29, 1.82) is 0 Å². The van der Waals surface area contributed by atoms with Crippen molar-refractivity contribution in [3.05, 3.63) is 39.6 Å². The van der Waals surface area contributed by atoms with Crippen LogP contribution in [0.2, 0.25) is 5.02 Å². The molecule has 3 rings (SSSR count). The average molecular weight is 424 g/mol. The molecular formula is C15H14ClF4N5OS. The second-order valence-electron chi connectivity index (χ2n) is 5.76. The van der Waals surface area contributed by atoms with E-state index in [1.54, 1.807) is 4.90 Å². The van der Waals surface area contributed by atoms with Gasteiger partial charge in [0.15, 0.2) is 0 Å². The summed E-state index contributed by atoms with van der Waals surface area (Å²) in [5, 5.41) is 8.79. The zero-order valence-electron chi connectivity index (χ0n) is 13.8. The van der Waals surface area contributed by atoms with Crippen LogP contribution in [0.25, 0.3) is 0 Å². The number of amides is 2. The number of carbonyl (C=O) groups excluding carboxylic acids is 1. The lowest BCUT2D eigenvalue weighted by molar-refractivity contribution is -0.138. The Labute approximate surface area is 160 Å². The molecule has 0 saturated carbocycles. The molecule has 1 saturated heterocycles. The molecule has 1 aliphatic heterocycles. The van der Waals surface area contributed by atoms with Gasteiger partial charge in [0.05, 0.1) is 0 Å². The van der Waals surface area contributed by atoms with Crippen LogP contribution in [0, 0.1) is 5.82 Å². The summed E-state index contributed by atoms with van der Waals surface area (Å²) >= 11 is 6.15. The number of hydrogen-bond acceptors (Lipinski definition) is 5. The van der Waals surface area contributed by atoms with E-state index in [0.717, 1.165) is 0 Å². The molecule has 1 aromatic heterocycles. The molecule has 0 aliphatic carbocycles. The minimum absolute atomic E-state index is 0.00733. The smallest absolute Gasteiger partial charge is 0.343 e. The fourth-order valence-electron chi connectivity index (χ4n) is 2.51. The van der Waals surface area contributed by atoms with Gasteiger partial charge in [0.25, 0.3) is 0 Å². The third kappa shape index (κ3) is 4.78. The van der Waals surface area contributed by atoms with Crippen molar-refractivity contribution in [2.45, 2.75) is 12.7 Å². The zero-order chi connectivity index (χ0) is 19.6. The maximum absolute atomic E-state index is 13.7. The summed E-state index contributed by atoms with van der Waals surface area (Å²) in [7, 11) is 0. The van der Waals surface area contributed by atoms with Crippen LogP contribution in [-0.2, 0) is 12.7 Å². The van der Waals surface area contributed by atoms with E-state index in [4.69, 9.17) is 11.6 Å². The monoisotopic (exact) mass is 423 g/mol. The highest BCUT2D eigenvalue weighted by atomic mass is 35.5. The molecule has 1 aromatic carbocycles. The van der Waals surface area contributed by atoms with E-state index in [0.29, 0.717) is 43.1 Å². The summed E-state index contributed by atoms with van der Waals surface area (Å²) in [5.74, 6) is -0.510. The number of urea groups is 1. The molecule has 6 nitrogen and oxygen atoms in total. The SMILES string of the molecule is O=C(NCc1ccc(Cl)cc1F)N1CCN(c2nnc(C(F)(F)F)s2)CC1. The van der Waals surface area contributed by atoms with Gasteiger partial charge < -0.3 is 15.1 Å². The van der Waals surface area contributed by atoms with Crippen LogP contribution in [0.3, 0.4) is 0 Å². The highest BCUT2D eigenvalue weighted by molar-refractivity contribution is 7.15. The number of carbonyl (C=O) groups is 1. The molecule has 2 heterocycles. The van der Waals surface area contributed by atoms with E-state index >= 15 is 0 Å². The Bertz CT molecular complexity index is 823. The van der Waals surface area contributed by atoms with Gasteiger partial charge >= 0.3 is 12.2 Å². The molecule has 0 radical (unpaired) electrons. The molecule has 0 bridgehead atoms. The molecule has 1 fully saturated rings. The van der Waals surface area contributed by atoms with Gasteiger partial charge in [0.2, 0.25) is 10.1 Å². The number of nitrogens with zero attached hydrogens (tertiary/aromatic N) is 4. The minimum Gasteiger partial charge on any atom is -0.343 e. The molecule has 146 valence electrons. The molecule has 1 aliphatic rings. The van der Waals surface area contributed by atoms with Crippen molar-refractivity contribution >= 4 is 34.1 Å². The number of halogens is 5. The van der Waals surface area contributed by atoms with E-state index in [9.17, 15) is 22.4 Å². The van der Waals surface area contributed by atoms with Crippen molar-refractivity contribution in [2.75, 3.05) is 31.1 Å². The summed E-state index contributed by atoms with van der Waals surface area (Å²) < 4.78 is 51.5. The van der Waals surface area contributed by atoms with Gasteiger partial charge in [-0.3, -0.25) is 0 Å². The van der Waals surface area contributed by atoms with Gasteiger partial charge in [-0.2, -0.15) is 13.2 Å². The predicted molar refractivity (Wildman–Crippen MR) is 92.3 cm³/mol. The lowest BCUT2D eigenvalue weighted by atomic mass is 10.2. The summed E-state index contributed by atoms with van der Waals surface area (Å²) in [6.45, 7) is 1.27. The molecule has 2 amide bonds. The van der Waals surface area contributed by atoms with Gasteiger partial charge in [0, 0.05) is 43.3 Å². The first-order valence-electron chi connectivity index (χ1n) is 7.86. The van der Waals surface area contributed by atoms with Gasteiger partial charge in [-0.1, -0.05) is 29.0 Å². The van der Waals surface area contributed by atoms with Crippen molar-refractivity contribution in [3.63, 3.8) is 0 Å². The number of nitrogens with one attached hydrogen (secondary N) is 1. The lowest BCUT2D eigenvalue weighted by Crippen LogP contribution is -2.51. The first-order valence-corrected chi connectivity index (χ1v) is 9.06. The number of benzene rings is 1. The Morgan fingerprint density at radius 2 is 1.93 bits per heavy atom. The van der Waals surface area contributed by atoms with Crippen LogP contribution >= 0.6 is 22.9 Å². The van der Waals surface area contributed by atoms with Gasteiger partial charge in [0.1, 0.15) is 5.82 Å². The number of rotatable bonds is 3. The number of piperazine rings is 1. The molecule has 0 spiro atoms. The molecule has 1 N–H and O–H groups in total. The molecule has 12 heteroatoms. The van der Waals surface area contributed by atoms with Crippen LogP contribution in [0.4, 0.5) is 27.5 Å². The Hall–Kier alpha value is -2.14. The quantitative estimate of drug-likeness (QED) is 0.769. The van der Waals surface area contributed by atoms with Crippen LogP contribution in [0.15, 0.2) is 18.2 Å². The van der Waals surface area contributed by atoms with Crippen molar-refractivity contribution in [3.8, 4) is 0 Å². The Kier molecular flexibility index (Phi) is 5.70. The maximum atomic E-state index is 13.7. The van der Waals surface area contributed by atoms with Crippen LogP contribution in [0.1, 0.15) is 10.6 Å². The van der Waals surface area contributed by atoms with Crippen LogP contribution < -0.4 is 10.2 Å². The third-order valence-electron chi connectivity index (χ3n) is 3.94. The average Bonchev–Trinajstić information content (AvgIpc) is 3.11. The second-order valence-corrected chi connectivity index (χ2v) is 7.15. The van der Waals surface area contributed by atoms with E-state index in [1.807, 2.05) is 0 Å². The highest BCUT2D eigenvalue weighted by Crippen LogP contribution is 2.34. The number of aromatic nitrogens is 2. The molecular weight excluding hydrogens is 410 g/mol. The summed E-state index contributed by atoms with van der Waals surface area (Å²) in [5.41, 5.74) is 0.305. The lowest BCUT2D eigenvalue weighted by Gasteiger charge is -2.34. The van der Waals surface area contributed by atoms with Gasteiger partial charge in [-0.25, -0.2) is 9.18 Å². The Morgan fingerprint density at radius 3 is 2.52 bits per heavy atom. The van der Waals surface area contributed by atoms with Crippen LogP contribution in [0.5, 0.6) is 0 Å². The summed E-state index contributed by atoms with van der Waals surface area (Å²) in [6.07, 6.45) is -4.52. The number of alkyl halides is 3. The first-order chi connectivity index (χ1) is 12.7. The number of anilines is 1. The maximum Gasteiger partial charge on any atom is 0.445 e. The van der Waals surface area contributed by atoms with Crippen LogP contribution in [-0.4, -0.2) is 47.3 Å². The molecule has 27 heavy (non-hydrogen) atoms. The van der Waals surface area contributed by atoms with E-state index in [-0.39, 0.29) is 22.7 Å². The van der Waals surface area contributed by atoms with Gasteiger partial charge in [-0.15, -0.1) is 10.2 Å². The summed E-state index contributed by atoms with van der Waals surface area (Å²) in [6, 6.07) is 3.81. The van der Waals surface area contributed by atoms with Gasteiger partial charge in [-0.05, 0) is 12.1 Å². The number of hydrogen-bond donors (Lipinski definition) is 1. The second kappa shape index (κ2) is 7.85. The van der Waals surface area contributed by atoms with E-state index < -0.39 is 17.0 Å². The highest BCUT2D eigenvalue weighted by Gasteiger charge is 2.36. The van der Waals surface area contributed by atoms with Crippen molar-refractivity contribution < 1.29 is 22.4 Å². The molecule has 0 atom stereocenters. The molecule has 2 aromatic rings. The topological polar surface area (TPSA) is 61.4 Å². The van der Waals surface area contributed by atoms with E-state index in [2.05, 4.69) is 15.5 Å². The Morgan fingerprint density at radius 1 is 1.22 bits per heavy atom. The fraction of sp³-hybridized carbons (Fsp3) is 0.400. The van der Waals surface area contributed by atoms with Crippen molar-refractivity contribution in [2.24, 2.45) is 0 Å². The Balaban J connectivity index is 1.51. The third-order valence-corrected chi connectivity index (χ3v) is 5.20. The zero-order valence-corrected chi connectivity index (χ0v) is 15.3. The van der Waals surface area contributed by atoms with E-state index in [1.165, 1.54) is 23.1 Å². The van der Waals surface area contributed by atoms with Crippen molar-refractivity contribution in [1.82, 2.24) is 20.4 Å². The minimum atomic E-state index is -4.52. The summed E-state index contributed by atoms with van der Waals surface area (Å²) in [4.78, 5) is 15.4. The first kappa shape index (κ1) is 19.6. The fourth-order valence-corrected chi connectivity index (χ4v) is 3.43. The predicted octanol–water partition coefficient (Wildman–Crippen LogP) is 3.38. The largest absolute Gasteiger partial charge is 0.445 e. The molecule has 0 unspecified atom stereocenters.